The molecule has 180 valence electrons. The van der Waals surface area contributed by atoms with Crippen molar-refractivity contribution in [3.8, 4) is 34.7 Å². The molecule has 9 nitrogen and oxygen atoms in total. The molecule has 1 aliphatic heterocycles. The van der Waals surface area contributed by atoms with Gasteiger partial charge in [-0.3, -0.25) is 0 Å². The van der Waals surface area contributed by atoms with Crippen LogP contribution in [0.5, 0.6) is 5.75 Å². The molecule has 0 spiro atoms. The normalized spacial score (nSPS) is 19.0. The molecule has 3 N–H and O–H groups in total. The number of ether oxygens (including phenoxy) is 1. The molecule has 0 saturated carbocycles. The van der Waals surface area contributed by atoms with E-state index in [0.717, 1.165) is 36.0 Å². The smallest absolute Gasteiger partial charge is 0.317 e. The molecule has 35 heavy (non-hydrogen) atoms. The first kappa shape index (κ1) is 22.9. The van der Waals surface area contributed by atoms with E-state index in [1.165, 1.54) is 0 Å². The van der Waals surface area contributed by atoms with Crippen molar-refractivity contribution in [1.82, 2.24) is 20.4 Å². The van der Waals surface area contributed by atoms with Gasteiger partial charge >= 0.3 is 6.03 Å². The molecule has 2 heterocycles. The average molecular weight is 473 g/mol. The van der Waals surface area contributed by atoms with E-state index in [9.17, 15) is 10.1 Å². The zero-order valence-electron chi connectivity index (χ0n) is 19.8. The van der Waals surface area contributed by atoms with Gasteiger partial charge in [-0.2, -0.15) is 10.2 Å². The molecule has 0 unspecified atom stereocenters. The molecular weight excluding hydrogens is 444 g/mol. The van der Waals surface area contributed by atoms with E-state index >= 15 is 0 Å². The molecule has 0 radical (unpaired) electrons. The monoisotopic (exact) mass is 472 g/mol. The summed E-state index contributed by atoms with van der Waals surface area (Å²) in [6, 6.07) is 13.3. The molecule has 2 atom stereocenters. The van der Waals surface area contributed by atoms with Gasteiger partial charge in [0.25, 0.3) is 5.89 Å². The number of urea groups is 1. The van der Waals surface area contributed by atoms with E-state index in [1.807, 2.05) is 32.0 Å². The fraction of sp³-hybridized carbons (Fsp3) is 0.385. The SMILES string of the molecule is CC(C)Oc1ccc(-c2nc(-c3cccc4c3CC[C@H]4NC(=O)N3CC[C@@H](N)C3)no2)cc1C#N. The fourth-order valence-electron chi connectivity index (χ4n) is 4.78. The Hall–Kier alpha value is -3.90. The third-order valence-electron chi connectivity index (χ3n) is 6.46. The predicted octanol–water partition coefficient (Wildman–Crippen LogP) is 3.79. The van der Waals surface area contributed by atoms with Gasteiger partial charge in [0.15, 0.2) is 0 Å². The summed E-state index contributed by atoms with van der Waals surface area (Å²) < 4.78 is 11.3. The van der Waals surface area contributed by atoms with E-state index in [1.54, 1.807) is 23.1 Å². The average Bonchev–Trinajstić information content (AvgIpc) is 3.59. The van der Waals surface area contributed by atoms with Crippen molar-refractivity contribution in [2.24, 2.45) is 5.73 Å². The maximum Gasteiger partial charge on any atom is 0.317 e. The Morgan fingerprint density at radius 2 is 2.17 bits per heavy atom. The number of benzene rings is 2. The summed E-state index contributed by atoms with van der Waals surface area (Å²) in [5, 5.41) is 16.9. The van der Waals surface area contributed by atoms with Crippen LogP contribution in [0.1, 0.15) is 49.4 Å². The van der Waals surface area contributed by atoms with Crippen molar-refractivity contribution < 1.29 is 14.1 Å². The summed E-state index contributed by atoms with van der Waals surface area (Å²) in [5.41, 5.74) is 10.1. The minimum Gasteiger partial charge on any atom is -0.490 e. The van der Waals surface area contributed by atoms with Crippen molar-refractivity contribution in [2.45, 2.75) is 51.3 Å². The summed E-state index contributed by atoms with van der Waals surface area (Å²) in [6.07, 6.45) is 2.41. The molecule has 1 fully saturated rings. The van der Waals surface area contributed by atoms with Crippen LogP contribution >= 0.6 is 0 Å². The highest BCUT2D eigenvalue weighted by Crippen LogP contribution is 2.38. The first-order chi connectivity index (χ1) is 16.9. The third kappa shape index (κ3) is 4.57. The van der Waals surface area contributed by atoms with Crippen molar-refractivity contribution in [3.63, 3.8) is 0 Å². The lowest BCUT2D eigenvalue weighted by Crippen LogP contribution is -2.41. The number of likely N-dealkylation sites (tertiary alicyclic amines) is 1. The number of fused-ring (bicyclic) bond motifs is 1. The molecule has 5 rings (SSSR count). The van der Waals surface area contributed by atoms with E-state index in [-0.39, 0.29) is 24.2 Å². The lowest BCUT2D eigenvalue weighted by Gasteiger charge is -2.21. The van der Waals surface area contributed by atoms with Gasteiger partial charge < -0.3 is 25.2 Å². The van der Waals surface area contributed by atoms with Crippen molar-refractivity contribution in [1.29, 1.82) is 5.26 Å². The van der Waals surface area contributed by atoms with Crippen molar-refractivity contribution >= 4 is 6.03 Å². The number of carbonyl (C=O) groups is 1. The molecule has 1 aromatic heterocycles. The number of hydrogen-bond donors (Lipinski definition) is 2. The number of rotatable bonds is 5. The summed E-state index contributed by atoms with van der Waals surface area (Å²) >= 11 is 0. The molecule has 3 aromatic rings. The number of amides is 2. The topological polar surface area (TPSA) is 130 Å². The quantitative estimate of drug-likeness (QED) is 0.578. The van der Waals surface area contributed by atoms with Crippen LogP contribution in [0.2, 0.25) is 0 Å². The van der Waals surface area contributed by atoms with E-state index in [4.69, 9.17) is 15.0 Å². The molecule has 1 aliphatic carbocycles. The highest BCUT2D eigenvalue weighted by Gasteiger charge is 2.30. The minimum atomic E-state index is -0.0683. The molecular formula is C26H28N6O3. The second-order valence-electron chi connectivity index (χ2n) is 9.32. The van der Waals surface area contributed by atoms with E-state index in [0.29, 0.717) is 41.7 Å². The molecule has 2 aromatic carbocycles. The Labute approximate surface area is 203 Å². The number of carbonyl (C=O) groups excluding carboxylic acids is 1. The summed E-state index contributed by atoms with van der Waals surface area (Å²) in [7, 11) is 0. The largest absolute Gasteiger partial charge is 0.490 e. The number of nitriles is 1. The molecule has 2 aliphatic rings. The highest BCUT2D eigenvalue weighted by molar-refractivity contribution is 5.76. The van der Waals surface area contributed by atoms with E-state index in [2.05, 4.69) is 21.5 Å². The van der Waals surface area contributed by atoms with Gasteiger partial charge in [0.1, 0.15) is 11.8 Å². The number of aromatic nitrogens is 2. The van der Waals surface area contributed by atoms with Crippen LogP contribution in [0.3, 0.4) is 0 Å². The predicted molar refractivity (Wildman–Crippen MR) is 129 cm³/mol. The first-order valence-electron chi connectivity index (χ1n) is 11.9. The minimum absolute atomic E-state index is 0.0373. The number of nitrogens with zero attached hydrogens (tertiary/aromatic N) is 4. The summed E-state index contributed by atoms with van der Waals surface area (Å²) in [6.45, 7) is 5.11. The maximum atomic E-state index is 12.7. The van der Waals surface area contributed by atoms with Gasteiger partial charge in [0, 0.05) is 30.3 Å². The molecule has 9 heteroatoms. The Morgan fingerprint density at radius 1 is 1.31 bits per heavy atom. The van der Waals surface area contributed by atoms with Crippen LogP contribution in [0.25, 0.3) is 22.8 Å². The van der Waals surface area contributed by atoms with E-state index < -0.39 is 0 Å². The van der Waals surface area contributed by atoms with Gasteiger partial charge in [-0.15, -0.1) is 0 Å². The Balaban J connectivity index is 1.37. The lowest BCUT2D eigenvalue weighted by atomic mass is 10.0. The van der Waals surface area contributed by atoms with Gasteiger partial charge in [-0.05, 0) is 62.4 Å². The lowest BCUT2D eigenvalue weighted by molar-refractivity contribution is 0.204. The van der Waals surface area contributed by atoms with Crippen LogP contribution in [0, 0.1) is 11.3 Å². The second kappa shape index (κ2) is 9.39. The number of nitrogens with one attached hydrogen (secondary N) is 1. The zero-order valence-corrected chi connectivity index (χ0v) is 19.8. The Kier molecular flexibility index (Phi) is 6.14. The van der Waals surface area contributed by atoms with Gasteiger partial charge in [-0.1, -0.05) is 23.4 Å². The van der Waals surface area contributed by atoms with Gasteiger partial charge in [-0.25, -0.2) is 4.79 Å². The van der Waals surface area contributed by atoms with Crippen LogP contribution in [-0.4, -0.2) is 46.3 Å². The van der Waals surface area contributed by atoms with Crippen LogP contribution < -0.4 is 15.8 Å². The fourth-order valence-corrected chi connectivity index (χ4v) is 4.78. The highest BCUT2D eigenvalue weighted by atomic mass is 16.5. The standard InChI is InChI=1S/C26H28N6O3/c1-15(2)34-23-9-6-16(12-17(23)13-27)25-30-24(31-35-25)21-5-3-4-20-19(21)7-8-22(20)29-26(33)32-11-10-18(28)14-32/h3-6,9,12,15,18,22H,7-8,10-11,14,28H2,1-2H3,(H,29,33)/t18-,22-/m1/s1. The molecule has 1 saturated heterocycles. The Bertz CT molecular complexity index is 1290. The van der Waals surface area contributed by atoms with Gasteiger partial charge in [0.05, 0.1) is 17.7 Å². The Morgan fingerprint density at radius 3 is 2.91 bits per heavy atom. The van der Waals surface area contributed by atoms with Crippen LogP contribution in [-0.2, 0) is 6.42 Å². The van der Waals surface area contributed by atoms with Crippen LogP contribution in [0.15, 0.2) is 40.9 Å². The molecule has 0 bridgehead atoms. The summed E-state index contributed by atoms with van der Waals surface area (Å²) in [4.78, 5) is 19.1. The van der Waals surface area contributed by atoms with Crippen molar-refractivity contribution in [3.05, 3.63) is 53.1 Å². The zero-order chi connectivity index (χ0) is 24.5. The van der Waals surface area contributed by atoms with Crippen LogP contribution in [0.4, 0.5) is 4.79 Å². The first-order valence-corrected chi connectivity index (χ1v) is 11.9. The number of nitrogens with two attached hydrogens (primary N) is 1. The van der Waals surface area contributed by atoms with Crippen molar-refractivity contribution in [2.75, 3.05) is 13.1 Å². The molecule has 2 amide bonds. The third-order valence-corrected chi connectivity index (χ3v) is 6.46. The maximum absolute atomic E-state index is 12.7. The number of hydrogen-bond acceptors (Lipinski definition) is 7. The second-order valence-corrected chi connectivity index (χ2v) is 9.32. The summed E-state index contributed by atoms with van der Waals surface area (Å²) in [5.74, 6) is 1.34. The van der Waals surface area contributed by atoms with Gasteiger partial charge in [0.2, 0.25) is 5.82 Å².